The van der Waals surface area contributed by atoms with Gasteiger partial charge in [0.15, 0.2) is 0 Å². The number of fused-ring (bicyclic) bond motifs is 1. The number of aryl methyl sites for hydroxylation is 2. The lowest BCUT2D eigenvalue weighted by Crippen LogP contribution is -2.18. The minimum absolute atomic E-state index is 0.0227. The van der Waals surface area contributed by atoms with Crippen molar-refractivity contribution in [2.24, 2.45) is 0 Å². The number of hydrogen-bond donors (Lipinski definition) is 1. The van der Waals surface area contributed by atoms with Crippen molar-refractivity contribution >= 4 is 22.4 Å². The molecule has 6 nitrogen and oxygen atoms in total. The molecule has 1 unspecified atom stereocenters. The molecule has 0 saturated carbocycles. The molecule has 1 atom stereocenters. The van der Waals surface area contributed by atoms with E-state index in [1.165, 1.54) is 17.5 Å². The van der Waals surface area contributed by atoms with Crippen LogP contribution in [0, 0.1) is 13.8 Å². The molecule has 1 aliphatic rings. The summed E-state index contributed by atoms with van der Waals surface area (Å²) in [6.45, 7) is 5.01. The summed E-state index contributed by atoms with van der Waals surface area (Å²) in [4.78, 5) is 9.44. The van der Waals surface area contributed by atoms with Crippen LogP contribution in [-0.4, -0.2) is 26.4 Å². The Labute approximate surface area is 175 Å². The van der Waals surface area contributed by atoms with Crippen LogP contribution in [0.5, 0.6) is 0 Å². The van der Waals surface area contributed by atoms with E-state index in [0.29, 0.717) is 0 Å². The van der Waals surface area contributed by atoms with Gasteiger partial charge in [0.2, 0.25) is 0 Å². The molecule has 0 bridgehead atoms. The molecule has 1 N–H and O–H groups in total. The summed E-state index contributed by atoms with van der Waals surface area (Å²) in [5.41, 5.74) is 8.02. The van der Waals surface area contributed by atoms with Gasteiger partial charge in [-0.25, -0.2) is 9.67 Å². The van der Waals surface area contributed by atoms with Crippen molar-refractivity contribution in [3.05, 3.63) is 66.1 Å². The van der Waals surface area contributed by atoms with E-state index in [1.807, 2.05) is 41.5 Å². The molecule has 30 heavy (non-hydrogen) atoms. The first-order valence-corrected chi connectivity index (χ1v) is 10.4. The van der Waals surface area contributed by atoms with Crippen molar-refractivity contribution in [1.29, 1.82) is 0 Å². The van der Waals surface area contributed by atoms with Gasteiger partial charge in [0.05, 0.1) is 29.1 Å². The molecule has 0 amide bonds. The summed E-state index contributed by atoms with van der Waals surface area (Å²) in [5, 5.41) is 7.98. The Morgan fingerprint density at radius 2 is 1.83 bits per heavy atom. The maximum Gasteiger partial charge on any atom is 0.150 e. The van der Waals surface area contributed by atoms with Crippen molar-refractivity contribution in [1.82, 2.24) is 19.7 Å². The smallest absolute Gasteiger partial charge is 0.150 e. The predicted octanol–water partition coefficient (Wildman–Crippen LogP) is 5.55. The molecule has 3 heterocycles. The Bertz CT molecular complexity index is 1170. The van der Waals surface area contributed by atoms with Gasteiger partial charge in [0, 0.05) is 29.7 Å². The fraction of sp³-hybridized carbons (Fsp3) is 0.292. The molecule has 0 radical (unpaired) electrons. The van der Waals surface area contributed by atoms with E-state index in [2.05, 4.69) is 47.4 Å². The van der Waals surface area contributed by atoms with Gasteiger partial charge in [-0.05, 0) is 74.6 Å². The second-order valence-electron chi connectivity index (χ2n) is 7.99. The first-order chi connectivity index (χ1) is 14.6. The third kappa shape index (κ3) is 3.91. The van der Waals surface area contributed by atoms with Crippen LogP contribution in [0.1, 0.15) is 36.6 Å². The largest absolute Gasteiger partial charge is 0.357 e. The Morgan fingerprint density at radius 1 is 0.967 bits per heavy atom. The standard InChI is InChI=1S/C24H25N5O/c1-16-9-17(2)11-20(10-16)27-19-6-7-21-22(12-19)28-23(14-25-21)18-13-26-29(15-18)24-5-3-4-8-30-24/h6-7,9-15,24,27H,3-5,8H2,1-2H3. The Morgan fingerprint density at radius 3 is 2.63 bits per heavy atom. The summed E-state index contributed by atoms with van der Waals surface area (Å²) in [7, 11) is 0. The normalized spacial score (nSPS) is 16.7. The van der Waals surface area contributed by atoms with Crippen molar-refractivity contribution in [2.75, 3.05) is 11.9 Å². The minimum atomic E-state index is 0.0227. The van der Waals surface area contributed by atoms with Crippen molar-refractivity contribution in [3.63, 3.8) is 0 Å². The zero-order valence-corrected chi connectivity index (χ0v) is 17.3. The average molecular weight is 399 g/mol. The minimum Gasteiger partial charge on any atom is -0.357 e. The van der Waals surface area contributed by atoms with E-state index in [1.54, 1.807) is 0 Å². The summed E-state index contributed by atoms with van der Waals surface area (Å²) in [5.74, 6) is 0. The molecular formula is C24H25N5O. The number of nitrogens with zero attached hydrogens (tertiary/aromatic N) is 4. The van der Waals surface area contributed by atoms with Gasteiger partial charge in [-0.3, -0.25) is 4.98 Å². The first kappa shape index (κ1) is 18.8. The third-order valence-electron chi connectivity index (χ3n) is 5.40. The Kier molecular flexibility index (Phi) is 4.93. The summed E-state index contributed by atoms with van der Waals surface area (Å²) >= 11 is 0. The van der Waals surface area contributed by atoms with E-state index in [0.717, 1.165) is 53.1 Å². The topological polar surface area (TPSA) is 64.9 Å². The van der Waals surface area contributed by atoms with E-state index >= 15 is 0 Å². The Balaban J connectivity index is 1.42. The van der Waals surface area contributed by atoms with Crippen molar-refractivity contribution in [2.45, 2.75) is 39.3 Å². The predicted molar refractivity (Wildman–Crippen MR) is 119 cm³/mol. The lowest BCUT2D eigenvalue weighted by atomic mass is 10.1. The number of rotatable bonds is 4. The molecule has 1 aliphatic heterocycles. The second kappa shape index (κ2) is 7.88. The number of aromatic nitrogens is 4. The van der Waals surface area contributed by atoms with Gasteiger partial charge >= 0.3 is 0 Å². The van der Waals surface area contributed by atoms with E-state index in [4.69, 9.17) is 9.72 Å². The highest BCUT2D eigenvalue weighted by molar-refractivity contribution is 5.81. The number of anilines is 2. The quantitative estimate of drug-likeness (QED) is 0.487. The highest BCUT2D eigenvalue weighted by atomic mass is 16.5. The maximum atomic E-state index is 5.83. The summed E-state index contributed by atoms with van der Waals surface area (Å²) < 4.78 is 7.73. The molecule has 152 valence electrons. The van der Waals surface area contributed by atoms with Crippen molar-refractivity contribution in [3.8, 4) is 11.3 Å². The number of hydrogen-bond acceptors (Lipinski definition) is 5. The van der Waals surface area contributed by atoms with Crippen LogP contribution in [0.15, 0.2) is 55.0 Å². The van der Waals surface area contributed by atoms with Crippen LogP contribution in [0.25, 0.3) is 22.3 Å². The molecule has 4 aromatic rings. The zero-order valence-electron chi connectivity index (χ0n) is 17.3. The first-order valence-electron chi connectivity index (χ1n) is 10.4. The lowest BCUT2D eigenvalue weighted by Gasteiger charge is -2.22. The van der Waals surface area contributed by atoms with Gasteiger partial charge in [0.1, 0.15) is 6.23 Å². The van der Waals surface area contributed by atoms with E-state index in [9.17, 15) is 0 Å². The summed E-state index contributed by atoms with van der Waals surface area (Å²) in [6, 6.07) is 12.5. The van der Waals surface area contributed by atoms with E-state index < -0.39 is 0 Å². The SMILES string of the molecule is Cc1cc(C)cc(Nc2ccc3ncc(-c4cnn(C5CCCCO5)c4)nc3c2)c1. The third-order valence-corrected chi connectivity index (χ3v) is 5.40. The second-order valence-corrected chi connectivity index (χ2v) is 7.99. The molecule has 2 aromatic carbocycles. The molecule has 1 fully saturated rings. The highest BCUT2D eigenvalue weighted by Crippen LogP contribution is 2.26. The van der Waals surface area contributed by atoms with Gasteiger partial charge in [0.25, 0.3) is 0 Å². The van der Waals surface area contributed by atoms with Crippen LogP contribution >= 0.6 is 0 Å². The van der Waals surface area contributed by atoms with Crippen molar-refractivity contribution < 1.29 is 4.74 Å². The average Bonchev–Trinajstić information content (AvgIpc) is 3.23. The fourth-order valence-electron chi connectivity index (χ4n) is 4.00. The molecule has 5 rings (SSSR count). The lowest BCUT2D eigenvalue weighted by molar-refractivity contribution is -0.0394. The molecule has 0 spiro atoms. The molecule has 6 heteroatoms. The molecule has 0 aliphatic carbocycles. The zero-order chi connectivity index (χ0) is 20.5. The number of nitrogens with one attached hydrogen (secondary N) is 1. The van der Waals surface area contributed by atoms with Crippen LogP contribution < -0.4 is 5.32 Å². The van der Waals surface area contributed by atoms with Gasteiger partial charge in [-0.15, -0.1) is 0 Å². The monoisotopic (exact) mass is 399 g/mol. The summed E-state index contributed by atoms with van der Waals surface area (Å²) in [6.07, 6.45) is 8.97. The Hall–Kier alpha value is -3.25. The molecule has 1 saturated heterocycles. The van der Waals surface area contributed by atoms with Crippen LogP contribution in [-0.2, 0) is 4.74 Å². The van der Waals surface area contributed by atoms with Crippen LogP contribution in [0.4, 0.5) is 11.4 Å². The molecule has 2 aromatic heterocycles. The van der Waals surface area contributed by atoms with Gasteiger partial charge < -0.3 is 10.1 Å². The number of ether oxygens (including phenoxy) is 1. The van der Waals surface area contributed by atoms with Crippen LogP contribution in [0.3, 0.4) is 0 Å². The van der Waals surface area contributed by atoms with Gasteiger partial charge in [-0.1, -0.05) is 6.07 Å². The molecular weight excluding hydrogens is 374 g/mol. The van der Waals surface area contributed by atoms with Gasteiger partial charge in [-0.2, -0.15) is 5.10 Å². The number of benzene rings is 2. The fourth-order valence-corrected chi connectivity index (χ4v) is 4.00. The van der Waals surface area contributed by atoms with E-state index in [-0.39, 0.29) is 6.23 Å². The highest BCUT2D eigenvalue weighted by Gasteiger charge is 2.17. The maximum absolute atomic E-state index is 5.83. The van der Waals surface area contributed by atoms with Crippen LogP contribution in [0.2, 0.25) is 0 Å².